The molecule has 0 N–H and O–H groups in total. The van der Waals surface area contributed by atoms with Gasteiger partial charge in [0.25, 0.3) is 0 Å². The molecule has 0 aliphatic heterocycles. The number of carbonyl (C=O) groups excluding carboxylic acids is 2. The van der Waals surface area contributed by atoms with Gasteiger partial charge in [0.2, 0.25) is 0 Å². The fourth-order valence-electron chi connectivity index (χ4n) is 3.15. The molecule has 6 heteroatoms. The molecular weight excluding hydrogens is 360 g/mol. The topological polar surface area (TPSA) is 71.1 Å². The zero-order valence-corrected chi connectivity index (χ0v) is 16.5. The molecule has 148 valence electrons. The molecule has 3 rings (SSSR count). The van der Waals surface area contributed by atoms with Crippen molar-refractivity contribution in [3.8, 4) is 11.5 Å². The van der Waals surface area contributed by atoms with Crippen molar-refractivity contribution >= 4 is 23.1 Å². The van der Waals surface area contributed by atoms with Crippen LogP contribution >= 0.6 is 0 Å². The first-order chi connectivity index (χ1) is 13.4. The van der Waals surface area contributed by atoms with Crippen molar-refractivity contribution < 1.29 is 28.5 Å². The van der Waals surface area contributed by atoms with Crippen LogP contribution in [-0.2, 0) is 22.3 Å². The van der Waals surface area contributed by atoms with Crippen LogP contribution < -0.4 is 9.47 Å². The second-order valence-corrected chi connectivity index (χ2v) is 7.08. The van der Waals surface area contributed by atoms with Crippen molar-refractivity contribution in [3.63, 3.8) is 0 Å². The smallest absolute Gasteiger partial charge is 0.431 e. The summed E-state index contributed by atoms with van der Waals surface area (Å²) in [7, 11) is 0. The lowest BCUT2D eigenvalue weighted by molar-refractivity contribution is 0.0708. The third-order valence-corrected chi connectivity index (χ3v) is 4.17. The van der Waals surface area contributed by atoms with E-state index in [1.54, 1.807) is 27.7 Å². The van der Waals surface area contributed by atoms with E-state index in [1.807, 2.05) is 36.4 Å². The van der Waals surface area contributed by atoms with E-state index in [-0.39, 0.29) is 12.2 Å². The Morgan fingerprint density at radius 2 is 1.14 bits per heavy atom. The minimum absolute atomic E-state index is 0.289. The molecule has 6 nitrogen and oxygen atoms in total. The fraction of sp³-hybridized carbons (Fsp3) is 0.364. The standard InChI is InChI=1S/C22H24O6/c1-13(2)25-21(23)27-19-15-9-5-7-11-17(15)20(28-22(24)26-14(3)4)18-12-8-6-10-16(18)19/h5-9,11,13-14H,10,12H2,1-4H3. The number of allylic oxidation sites excluding steroid dienone is 2. The van der Waals surface area contributed by atoms with Gasteiger partial charge in [0.15, 0.2) is 0 Å². The summed E-state index contributed by atoms with van der Waals surface area (Å²) < 4.78 is 21.5. The monoisotopic (exact) mass is 384 g/mol. The van der Waals surface area contributed by atoms with Gasteiger partial charge >= 0.3 is 12.3 Å². The van der Waals surface area contributed by atoms with E-state index in [0.29, 0.717) is 35.1 Å². The minimum Gasteiger partial charge on any atom is -0.431 e. The average Bonchev–Trinajstić information content (AvgIpc) is 2.63. The summed E-state index contributed by atoms with van der Waals surface area (Å²) in [5.74, 6) is 0.871. The molecule has 1 aliphatic carbocycles. The van der Waals surface area contributed by atoms with Crippen LogP contribution in [0.5, 0.6) is 11.5 Å². The van der Waals surface area contributed by atoms with Gasteiger partial charge in [-0.15, -0.1) is 0 Å². The molecule has 0 fully saturated rings. The molecule has 0 atom stereocenters. The van der Waals surface area contributed by atoms with Crippen molar-refractivity contribution in [3.05, 3.63) is 47.5 Å². The highest BCUT2D eigenvalue weighted by Crippen LogP contribution is 2.43. The number of rotatable bonds is 4. The Bertz CT molecular complexity index is 852. The summed E-state index contributed by atoms with van der Waals surface area (Å²) in [5, 5.41) is 1.34. The molecule has 0 heterocycles. The molecule has 0 saturated carbocycles. The van der Waals surface area contributed by atoms with Crippen LogP contribution in [0.4, 0.5) is 9.59 Å². The summed E-state index contributed by atoms with van der Waals surface area (Å²) in [6.07, 6.45) is 3.00. The van der Waals surface area contributed by atoms with Crippen LogP contribution in [0.3, 0.4) is 0 Å². The molecule has 2 aromatic carbocycles. The number of carbonyl (C=O) groups is 2. The van der Waals surface area contributed by atoms with Gasteiger partial charge in [-0.3, -0.25) is 0 Å². The highest BCUT2D eigenvalue weighted by atomic mass is 16.7. The van der Waals surface area contributed by atoms with Crippen LogP contribution in [0.25, 0.3) is 10.8 Å². The minimum atomic E-state index is -0.759. The zero-order valence-electron chi connectivity index (χ0n) is 16.5. The fourth-order valence-corrected chi connectivity index (χ4v) is 3.15. The Morgan fingerprint density at radius 3 is 1.50 bits per heavy atom. The lowest BCUT2D eigenvalue weighted by Gasteiger charge is -2.22. The molecule has 0 saturated heterocycles. The van der Waals surface area contributed by atoms with Gasteiger partial charge in [-0.2, -0.15) is 0 Å². The molecule has 1 aliphatic rings. The summed E-state index contributed by atoms with van der Waals surface area (Å²) in [4.78, 5) is 24.3. The number of fused-ring (bicyclic) bond motifs is 2. The van der Waals surface area contributed by atoms with Gasteiger partial charge in [0.05, 0.1) is 12.2 Å². The van der Waals surface area contributed by atoms with Crippen molar-refractivity contribution in [2.24, 2.45) is 0 Å². The first-order valence-corrected chi connectivity index (χ1v) is 9.35. The Labute approximate surface area is 164 Å². The molecular formula is C22H24O6. The SMILES string of the molecule is CC(C)OC(=O)Oc1c2c(c(OC(=O)OC(C)C)c3ccccc13)CC=CC2. The van der Waals surface area contributed by atoms with Crippen LogP contribution in [-0.4, -0.2) is 24.5 Å². The molecule has 0 radical (unpaired) electrons. The molecule has 0 bridgehead atoms. The van der Waals surface area contributed by atoms with E-state index >= 15 is 0 Å². The van der Waals surface area contributed by atoms with E-state index in [1.165, 1.54) is 0 Å². The zero-order chi connectivity index (χ0) is 20.3. The number of ether oxygens (including phenoxy) is 4. The highest BCUT2D eigenvalue weighted by Gasteiger charge is 2.26. The Balaban J connectivity index is 2.12. The van der Waals surface area contributed by atoms with Crippen molar-refractivity contribution in [1.82, 2.24) is 0 Å². The molecule has 28 heavy (non-hydrogen) atoms. The van der Waals surface area contributed by atoms with Gasteiger partial charge in [0, 0.05) is 21.9 Å². The highest BCUT2D eigenvalue weighted by molar-refractivity contribution is 5.98. The van der Waals surface area contributed by atoms with Crippen molar-refractivity contribution in [2.45, 2.75) is 52.7 Å². The first-order valence-electron chi connectivity index (χ1n) is 9.35. The third-order valence-electron chi connectivity index (χ3n) is 4.17. The predicted molar refractivity (Wildman–Crippen MR) is 105 cm³/mol. The maximum atomic E-state index is 12.2. The van der Waals surface area contributed by atoms with Crippen molar-refractivity contribution in [2.75, 3.05) is 0 Å². The van der Waals surface area contributed by atoms with Crippen LogP contribution in [0.15, 0.2) is 36.4 Å². The quantitative estimate of drug-likeness (QED) is 0.402. The average molecular weight is 384 g/mol. The summed E-state index contributed by atoms with van der Waals surface area (Å²) >= 11 is 0. The molecule has 0 unspecified atom stereocenters. The summed E-state index contributed by atoms with van der Waals surface area (Å²) in [6, 6.07) is 7.33. The Kier molecular flexibility index (Phi) is 5.87. The van der Waals surface area contributed by atoms with Crippen LogP contribution in [0.1, 0.15) is 38.8 Å². The van der Waals surface area contributed by atoms with Crippen molar-refractivity contribution in [1.29, 1.82) is 0 Å². The number of hydrogen-bond acceptors (Lipinski definition) is 6. The van der Waals surface area contributed by atoms with Crippen LogP contribution in [0, 0.1) is 0 Å². The molecule has 0 spiro atoms. The predicted octanol–water partition coefficient (Wildman–Crippen LogP) is 5.34. The Morgan fingerprint density at radius 1 is 0.750 bits per heavy atom. The lowest BCUT2D eigenvalue weighted by atomic mass is 9.90. The second kappa shape index (κ2) is 8.33. The molecule has 0 aromatic heterocycles. The summed E-state index contributed by atoms with van der Waals surface area (Å²) in [6.45, 7) is 7.04. The molecule has 0 amide bonds. The normalized spacial score (nSPS) is 12.8. The number of hydrogen-bond donors (Lipinski definition) is 0. The lowest BCUT2D eigenvalue weighted by Crippen LogP contribution is -2.19. The van der Waals surface area contributed by atoms with Gasteiger partial charge in [-0.25, -0.2) is 9.59 Å². The summed E-state index contributed by atoms with van der Waals surface area (Å²) in [5.41, 5.74) is 1.60. The van der Waals surface area contributed by atoms with E-state index in [4.69, 9.17) is 18.9 Å². The maximum absolute atomic E-state index is 12.2. The van der Waals surface area contributed by atoms with E-state index in [9.17, 15) is 9.59 Å². The van der Waals surface area contributed by atoms with E-state index in [2.05, 4.69) is 0 Å². The number of benzene rings is 2. The van der Waals surface area contributed by atoms with Gasteiger partial charge in [-0.05, 0) is 40.5 Å². The van der Waals surface area contributed by atoms with E-state index in [0.717, 1.165) is 11.1 Å². The largest absolute Gasteiger partial charge is 0.514 e. The van der Waals surface area contributed by atoms with Gasteiger partial charge in [-0.1, -0.05) is 36.4 Å². The maximum Gasteiger partial charge on any atom is 0.514 e. The van der Waals surface area contributed by atoms with Crippen LogP contribution in [0.2, 0.25) is 0 Å². The van der Waals surface area contributed by atoms with E-state index < -0.39 is 12.3 Å². The van der Waals surface area contributed by atoms with Gasteiger partial charge < -0.3 is 18.9 Å². The first kappa shape index (κ1) is 19.7. The third kappa shape index (κ3) is 4.27. The van der Waals surface area contributed by atoms with Gasteiger partial charge in [0.1, 0.15) is 11.5 Å². The second-order valence-electron chi connectivity index (χ2n) is 7.08. The Hall–Kier alpha value is -3.02. The molecule has 2 aromatic rings.